The summed E-state index contributed by atoms with van der Waals surface area (Å²) in [6, 6.07) is -0.0412. The Balaban J connectivity index is 2.38. The fourth-order valence-electron chi connectivity index (χ4n) is 2.52. The van der Waals surface area contributed by atoms with Crippen molar-refractivity contribution in [3.63, 3.8) is 0 Å². The fraction of sp³-hybridized carbons (Fsp3) is 0.727. The van der Waals surface area contributed by atoms with Gasteiger partial charge in [-0.1, -0.05) is 0 Å². The molecule has 5 nitrogen and oxygen atoms in total. The molecule has 0 spiro atoms. The molecule has 0 radical (unpaired) electrons. The SMILES string of the molecule is Cc1nn(C)c(N2CCS(=O)(=O)CC2C)c1CCl. The first-order chi connectivity index (χ1) is 8.35. The minimum absolute atomic E-state index is 0.0412. The van der Waals surface area contributed by atoms with Crippen molar-refractivity contribution >= 4 is 27.3 Å². The standard InChI is InChI=1S/C11H18ClN3O2S/c1-8-7-18(16,17)5-4-15(8)11-10(6-12)9(2)13-14(11)3/h8H,4-7H2,1-3H3. The highest BCUT2D eigenvalue weighted by atomic mass is 35.5. The van der Waals surface area contributed by atoms with Gasteiger partial charge in [0.05, 0.1) is 23.1 Å². The summed E-state index contributed by atoms with van der Waals surface area (Å²) in [4.78, 5) is 2.10. The van der Waals surface area contributed by atoms with Crippen LogP contribution >= 0.6 is 11.6 Å². The quantitative estimate of drug-likeness (QED) is 0.766. The second-order valence-corrected chi connectivity index (χ2v) is 7.30. The highest BCUT2D eigenvalue weighted by molar-refractivity contribution is 7.91. The lowest BCUT2D eigenvalue weighted by atomic mass is 10.2. The highest BCUT2D eigenvalue weighted by Crippen LogP contribution is 2.28. The Bertz CT molecular complexity index is 553. The summed E-state index contributed by atoms with van der Waals surface area (Å²) >= 11 is 5.98. The lowest BCUT2D eigenvalue weighted by Crippen LogP contribution is -2.48. The first-order valence-electron chi connectivity index (χ1n) is 5.91. The molecule has 0 aliphatic carbocycles. The van der Waals surface area contributed by atoms with Crippen LogP contribution in [0.5, 0.6) is 0 Å². The zero-order valence-corrected chi connectivity index (χ0v) is 12.4. The molecule has 1 unspecified atom stereocenters. The van der Waals surface area contributed by atoms with Gasteiger partial charge < -0.3 is 4.90 Å². The first-order valence-corrected chi connectivity index (χ1v) is 8.27. The molecule has 1 saturated heterocycles. The number of halogens is 1. The van der Waals surface area contributed by atoms with Gasteiger partial charge in [0.25, 0.3) is 0 Å². The summed E-state index contributed by atoms with van der Waals surface area (Å²) in [5.74, 6) is 1.73. The lowest BCUT2D eigenvalue weighted by Gasteiger charge is -2.35. The molecule has 0 amide bonds. The van der Waals surface area contributed by atoms with Crippen molar-refractivity contribution in [3.05, 3.63) is 11.3 Å². The number of nitrogens with zero attached hydrogens (tertiary/aromatic N) is 3. The molecule has 2 heterocycles. The topological polar surface area (TPSA) is 55.2 Å². The molecule has 1 fully saturated rings. The molecule has 7 heteroatoms. The van der Waals surface area contributed by atoms with E-state index >= 15 is 0 Å². The highest BCUT2D eigenvalue weighted by Gasteiger charge is 2.31. The summed E-state index contributed by atoms with van der Waals surface area (Å²) < 4.78 is 25.0. The van der Waals surface area contributed by atoms with E-state index in [1.165, 1.54) is 0 Å². The molecule has 0 saturated carbocycles. The molecule has 1 aliphatic rings. The molecule has 0 N–H and O–H groups in total. The van der Waals surface area contributed by atoms with E-state index in [0.29, 0.717) is 12.4 Å². The Morgan fingerprint density at radius 3 is 2.72 bits per heavy atom. The molecule has 1 atom stereocenters. The van der Waals surface area contributed by atoms with Gasteiger partial charge in [0.1, 0.15) is 5.82 Å². The third kappa shape index (κ3) is 2.36. The van der Waals surface area contributed by atoms with Gasteiger partial charge in [-0.3, -0.25) is 4.68 Å². The molecular weight excluding hydrogens is 274 g/mol. The largest absolute Gasteiger partial charge is 0.352 e. The third-order valence-electron chi connectivity index (χ3n) is 3.39. The van der Waals surface area contributed by atoms with Crippen molar-refractivity contribution in [3.8, 4) is 0 Å². The predicted octanol–water partition coefficient (Wildman–Crippen LogP) is 1.09. The molecule has 0 bridgehead atoms. The third-order valence-corrected chi connectivity index (χ3v) is 5.45. The van der Waals surface area contributed by atoms with Crippen molar-refractivity contribution in [2.24, 2.45) is 7.05 Å². The Hall–Kier alpha value is -0.750. The maximum Gasteiger partial charge on any atom is 0.154 e. The van der Waals surface area contributed by atoms with Gasteiger partial charge in [0, 0.05) is 25.2 Å². The number of aryl methyl sites for hydroxylation is 2. The monoisotopic (exact) mass is 291 g/mol. The maximum absolute atomic E-state index is 11.6. The van der Waals surface area contributed by atoms with E-state index in [1.807, 2.05) is 20.9 Å². The van der Waals surface area contributed by atoms with Crippen molar-refractivity contribution < 1.29 is 8.42 Å². The van der Waals surface area contributed by atoms with E-state index in [9.17, 15) is 8.42 Å². The van der Waals surface area contributed by atoms with Crippen LogP contribution in [0.25, 0.3) is 0 Å². The molecule has 18 heavy (non-hydrogen) atoms. The number of alkyl halides is 1. The van der Waals surface area contributed by atoms with Gasteiger partial charge in [-0.2, -0.15) is 5.10 Å². The minimum Gasteiger partial charge on any atom is -0.352 e. The van der Waals surface area contributed by atoms with Crippen LogP contribution in [-0.4, -0.2) is 42.3 Å². The fourth-order valence-corrected chi connectivity index (χ4v) is 4.39. The van der Waals surface area contributed by atoms with Crippen LogP contribution in [0, 0.1) is 6.92 Å². The van der Waals surface area contributed by atoms with Crippen LogP contribution in [0.15, 0.2) is 0 Å². The van der Waals surface area contributed by atoms with E-state index in [2.05, 4.69) is 10.00 Å². The Kier molecular flexibility index (Phi) is 3.60. The Morgan fingerprint density at radius 1 is 1.50 bits per heavy atom. The molecule has 0 aromatic carbocycles. The van der Waals surface area contributed by atoms with E-state index in [1.54, 1.807) is 4.68 Å². The van der Waals surface area contributed by atoms with Gasteiger partial charge >= 0.3 is 0 Å². The zero-order chi connectivity index (χ0) is 13.5. The van der Waals surface area contributed by atoms with E-state index in [-0.39, 0.29) is 17.5 Å². The molecule has 2 rings (SSSR count). The second kappa shape index (κ2) is 4.74. The predicted molar refractivity (Wildman–Crippen MR) is 73.0 cm³/mol. The molecular formula is C11H18ClN3O2S. The van der Waals surface area contributed by atoms with Crippen LogP contribution in [0.1, 0.15) is 18.2 Å². The average molecular weight is 292 g/mol. The summed E-state index contributed by atoms with van der Waals surface area (Å²) in [6.45, 7) is 4.36. The minimum atomic E-state index is -2.90. The summed E-state index contributed by atoms with van der Waals surface area (Å²) in [6.07, 6.45) is 0. The summed E-state index contributed by atoms with van der Waals surface area (Å²) in [5.41, 5.74) is 1.90. The van der Waals surface area contributed by atoms with Crippen LogP contribution < -0.4 is 4.90 Å². The zero-order valence-electron chi connectivity index (χ0n) is 10.9. The number of anilines is 1. The van der Waals surface area contributed by atoms with Gasteiger partial charge in [-0.25, -0.2) is 8.42 Å². The molecule has 1 aromatic heterocycles. The Morgan fingerprint density at radius 2 is 2.17 bits per heavy atom. The second-order valence-electron chi connectivity index (χ2n) is 4.80. The van der Waals surface area contributed by atoms with Gasteiger partial charge in [-0.05, 0) is 13.8 Å². The summed E-state index contributed by atoms with van der Waals surface area (Å²) in [7, 11) is -1.03. The normalized spacial score (nSPS) is 23.3. The van der Waals surface area contributed by atoms with Crippen molar-refractivity contribution in [2.45, 2.75) is 25.8 Å². The number of aromatic nitrogens is 2. The van der Waals surface area contributed by atoms with E-state index in [4.69, 9.17) is 11.6 Å². The van der Waals surface area contributed by atoms with Gasteiger partial charge in [0.2, 0.25) is 0 Å². The van der Waals surface area contributed by atoms with E-state index in [0.717, 1.165) is 17.1 Å². The van der Waals surface area contributed by atoms with Crippen LogP contribution in [0.2, 0.25) is 0 Å². The van der Waals surface area contributed by atoms with Crippen LogP contribution in [0.3, 0.4) is 0 Å². The Labute approximate surface area is 113 Å². The lowest BCUT2D eigenvalue weighted by molar-refractivity contribution is 0.561. The number of rotatable bonds is 2. The van der Waals surface area contributed by atoms with Gasteiger partial charge in [-0.15, -0.1) is 11.6 Å². The average Bonchev–Trinajstić information content (AvgIpc) is 2.52. The van der Waals surface area contributed by atoms with E-state index < -0.39 is 9.84 Å². The number of hydrogen-bond donors (Lipinski definition) is 0. The van der Waals surface area contributed by atoms with Gasteiger partial charge in [0.15, 0.2) is 9.84 Å². The maximum atomic E-state index is 11.6. The van der Waals surface area contributed by atoms with Crippen molar-refractivity contribution in [1.82, 2.24) is 9.78 Å². The molecule has 1 aliphatic heterocycles. The number of sulfone groups is 1. The van der Waals surface area contributed by atoms with Crippen LogP contribution in [0.4, 0.5) is 5.82 Å². The number of hydrogen-bond acceptors (Lipinski definition) is 4. The summed E-state index contributed by atoms with van der Waals surface area (Å²) in [5, 5.41) is 4.37. The first kappa shape index (κ1) is 13.7. The van der Waals surface area contributed by atoms with Crippen molar-refractivity contribution in [2.75, 3.05) is 23.0 Å². The molecule has 1 aromatic rings. The van der Waals surface area contributed by atoms with Crippen molar-refractivity contribution in [1.29, 1.82) is 0 Å². The van der Waals surface area contributed by atoms with Crippen LogP contribution in [-0.2, 0) is 22.8 Å². The molecule has 102 valence electrons. The smallest absolute Gasteiger partial charge is 0.154 e.